The number of carbonyl (C=O) groups is 1. The van der Waals surface area contributed by atoms with Crippen LogP contribution in [0.5, 0.6) is 0 Å². The van der Waals surface area contributed by atoms with Gasteiger partial charge in [-0.2, -0.15) is 13.2 Å². The zero-order valence-corrected chi connectivity index (χ0v) is 8.31. The van der Waals surface area contributed by atoms with Gasteiger partial charge in [0.15, 0.2) is 0 Å². The van der Waals surface area contributed by atoms with E-state index in [4.69, 9.17) is 5.73 Å². The van der Waals surface area contributed by atoms with Gasteiger partial charge in [-0.15, -0.1) is 0 Å². The maximum atomic E-state index is 11.9. The minimum atomic E-state index is -4.43. The Balaban J connectivity index is 2.37. The molecule has 1 aliphatic carbocycles. The maximum absolute atomic E-state index is 11.9. The molecule has 1 aliphatic rings. The molecule has 1 fully saturated rings. The summed E-state index contributed by atoms with van der Waals surface area (Å²) in [4.78, 5) is 11.0. The molecule has 3 N–H and O–H groups in total. The summed E-state index contributed by atoms with van der Waals surface area (Å²) in [6, 6.07) is -0.176. The highest BCUT2D eigenvalue weighted by Crippen LogP contribution is 2.25. The van der Waals surface area contributed by atoms with Crippen LogP contribution < -0.4 is 11.1 Å². The Bertz CT molecular complexity index is 230. The number of amides is 1. The molecule has 0 saturated heterocycles. The largest absolute Gasteiger partial charge is 0.397 e. The molecule has 0 radical (unpaired) electrons. The molecule has 1 amide bonds. The van der Waals surface area contributed by atoms with Crippen LogP contribution in [-0.4, -0.2) is 24.7 Å². The van der Waals surface area contributed by atoms with Crippen LogP contribution in [0.3, 0.4) is 0 Å². The number of rotatable bonds is 3. The number of nitrogens with one attached hydrogen (secondary N) is 1. The Morgan fingerprint density at radius 1 is 1.40 bits per heavy atom. The normalized spacial score (nSPS) is 26.7. The highest BCUT2D eigenvalue weighted by atomic mass is 19.4. The smallest absolute Gasteiger partial charge is 0.353 e. The van der Waals surface area contributed by atoms with E-state index in [-0.39, 0.29) is 12.0 Å². The van der Waals surface area contributed by atoms with Gasteiger partial charge in [-0.25, -0.2) is 0 Å². The second-order valence-corrected chi connectivity index (χ2v) is 3.89. The molecule has 2 atom stereocenters. The fourth-order valence-electron chi connectivity index (χ4n) is 1.95. The molecule has 0 aromatic carbocycles. The number of hydrogen-bond acceptors (Lipinski definition) is 2. The van der Waals surface area contributed by atoms with Gasteiger partial charge < -0.3 is 11.1 Å². The van der Waals surface area contributed by atoms with Gasteiger partial charge >= 0.3 is 6.18 Å². The monoisotopic (exact) mass is 224 g/mol. The quantitative estimate of drug-likeness (QED) is 0.756. The number of halogens is 3. The Kier molecular flexibility index (Phi) is 3.96. The van der Waals surface area contributed by atoms with Crippen molar-refractivity contribution in [1.82, 2.24) is 5.32 Å². The third-order valence-electron chi connectivity index (χ3n) is 2.67. The van der Waals surface area contributed by atoms with Crippen LogP contribution >= 0.6 is 0 Å². The average Bonchev–Trinajstić information content (AvgIpc) is 2.48. The third-order valence-corrected chi connectivity index (χ3v) is 2.67. The van der Waals surface area contributed by atoms with Crippen molar-refractivity contribution >= 4 is 5.91 Å². The summed E-state index contributed by atoms with van der Waals surface area (Å²) < 4.78 is 35.6. The van der Waals surface area contributed by atoms with E-state index in [9.17, 15) is 18.0 Å². The molecule has 0 aromatic heterocycles. The van der Waals surface area contributed by atoms with Gasteiger partial charge in [0, 0.05) is 6.04 Å². The molecule has 1 rings (SSSR count). The first-order chi connectivity index (χ1) is 6.92. The standard InChI is InChI=1S/C9H15F3N2O/c10-9(11,12)4-8(15)14-7-3-1-2-6(7)5-13/h6-7H,1-5,13H2,(H,14,15). The van der Waals surface area contributed by atoms with Crippen LogP contribution in [0, 0.1) is 5.92 Å². The first-order valence-electron chi connectivity index (χ1n) is 4.98. The predicted molar refractivity (Wildman–Crippen MR) is 49.0 cm³/mol. The second kappa shape index (κ2) is 4.83. The number of hydrogen-bond donors (Lipinski definition) is 2. The first kappa shape index (κ1) is 12.3. The molecule has 1 saturated carbocycles. The Morgan fingerprint density at radius 2 is 2.07 bits per heavy atom. The van der Waals surface area contributed by atoms with Crippen molar-refractivity contribution in [2.24, 2.45) is 11.7 Å². The Hall–Kier alpha value is -0.780. The van der Waals surface area contributed by atoms with E-state index in [1.165, 1.54) is 0 Å². The zero-order chi connectivity index (χ0) is 11.5. The predicted octanol–water partition coefficient (Wildman–Crippen LogP) is 1.18. The molecule has 6 heteroatoms. The van der Waals surface area contributed by atoms with Crippen LogP contribution in [0.4, 0.5) is 13.2 Å². The van der Waals surface area contributed by atoms with Crippen molar-refractivity contribution in [3.05, 3.63) is 0 Å². The molecule has 0 bridgehead atoms. The number of alkyl halides is 3. The second-order valence-electron chi connectivity index (χ2n) is 3.89. The van der Waals surface area contributed by atoms with Crippen molar-refractivity contribution < 1.29 is 18.0 Å². The van der Waals surface area contributed by atoms with Crippen molar-refractivity contribution in [2.45, 2.75) is 37.9 Å². The van der Waals surface area contributed by atoms with Gasteiger partial charge in [-0.1, -0.05) is 6.42 Å². The maximum Gasteiger partial charge on any atom is 0.397 e. The van der Waals surface area contributed by atoms with Gasteiger partial charge in [0.1, 0.15) is 6.42 Å². The van der Waals surface area contributed by atoms with Crippen LogP contribution in [0.1, 0.15) is 25.7 Å². The molecule has 0 heterocycles. The van der Waals surface area contributed by atoms with Crippen molar-refractivity contribution in [2.75, 3.05) is 6.54 Å². The van der Waals surface area contributed by atoms with E-state index in [1.54, 1.807) is 0 Å². The van der Waals surface area contributed by atoms with Gasteiger partial charge in [0.05, 0.1) is 0 Å². The number of nitrogens with two attached hydrogens (primary N) is 1. The highest BCUT2D eigenvalue weighted by molar-refractivity contribution is 5.76. The Labute approximate surface area is 86.2 Å². The van der Waals surface area contributed by atoms with Crippen molar-refractivity contribution in [3.63, 3.8) is 0 Å². The van der Waals surface area contributed by atoms with Crippen molar-refractivity contribution in [3.8, 4) is 0 Å². The molecule has 0 aromatic rings. The molecule has 15 heavy (non-hydrogen) atoms. The molecule has 88 valence electrons. The summed E-state index contributed by atoms with van der Waals surface area (Å²) in [5, 5.41) is 2.40. The van der Waals surface area contributed by atoms with Gasteiger partial charge in [-0.3, -0.25) is 4.79 Å². The van der Waals surface area contributed by atoms with E-state index in [0.29, 0.717) is 6.54 Å². The van der Waals surface area contributed by atoms with Crippen LogP contribution in [0.2, 0.25) is 0 Å². The lowest BCUT2D eigenvalue weighted by Crippen LogP contribution is -2.41. The van der Waals surface area contributed by atoms with Gasteiger partial charge in [-0.05, 0) is 25.3 Å². The zero-order valence-electron chi connectivity index (χ0n) is 8.31. The molecule has 2 unspecified atom stereocenters. The summed E-state index contributed by atoms with van der Waals surface area (Å²) in [5.74, 6) is -0.824. The Morgan fingerprint density at radius 3 is 2.60 bits per heavy atom. The van der Waals surface area contributed by atoms with Crippen molar-refractivity contribution in [1.29, 1.82) is 0 Å². The fraction of sp³-hybridized carbons (Fsp3) is 0.889. The molecule has 0 aliphatic heterocycles. The first-order valence-corrected chi connectivity index (χ1v) is 4.98. The van der Waals surface area contributed by atoms with E-state index < -0.39 is 18.5 Å². The minimum absolute atomic E-state index is 0.127. The van der Waals surface area contributed by atoms with Crippen LogP contribution in [-0.2, 0) is 4.79 Å². The molecule has 0 spiro atoms. The van der Waals surface area contributed by atoms with Crippen LogP contribution in [0.25, 0.3) is 0 Å². The minimum Gasteiger partial charge on any atom is -0.353 e. The SMILES string of the molecule is NCC1CCCC1NC(=O)CC(F)(F)F. The fourth-order valence-corrected chi connectivity index (χ4v) is 1.95. The summed E-state index contributed by atoms with van der Waals surface area (Å²) >= 11 is 0. The van der Waals surface area contributed by atoms with E-state index >= 15 is 0 Å². The molecule has 3 nitrogen and oxygen atoms in total. The topological polar surface area (TPSA) is 55.1 Å². The van der Waals surface area contributed by atoms with Gasteiger partial charge in [0.25, 0.3) is 0 Å². The van der Waals surface area contributed by atoms with Gasteiger partial charge in [0.2, 0.25) is 5.91 Å². The van der Waals surface area contributed by atoms with E-state index in [0.717, 1.165) is 19.3 Å². The lowest BCUT2D eigenvalue weighted by atomic mass is 10.0. The lowest BCUT2D eigenvalue weighted by molar-refractivity contribution is -0.154. The number of carbonyl (C=O) groups excluding carboxylic acids is 1. The van der Waals surface area contributed by atoms with Crippen LogP contribution in [0.15, 0.2) is 0 Å². The summed E-state index contributed by atoms with van der Waals surface area (Å²) in [6.45, 7) is 0.414. The summed E-state index contributed by atoms with van der Waals surface area (Å²) in [7, 11) is 0. The van der Waals surface area contributed by atoms with E-state index in [2.05, 4.69) is 5.32 Å². The summed E-state index contributed by atoms with van der Waals surface area (Å²) in [6.07, 6.45) is -3.31. The summed E-state index contributed by atoms with van der Waals surface area (Å²) in [5.41, 5.74) is 5.45. The highest BCUT2D eigenvalue weighted by Gasteiger charge is 2.34. The molecular weight excluding hydrogens is 209 g/mol. The third kappa shape index (κ3) is 4.07. The molecular formula is C9H15F3N2O. The average molecular weight is 224 g/mol. The lowest BCUT2D eigenvalue weighted by Gasteiger charge is -2.19. The van der Waals surface area contributed by atoms with E-state index in [1.807, 2.05) is 0 Å².